The first kappa shape index (κ1) is 15.2. The molecule has 22 heavy (non-hydrogen) atoms. The van der Waals surface area contributed by atoms with E-state index in [1.165, 1.54) is 20.9 Å². The number of nitrogens with one attached hydrogen (secondary N) is 2. The molecule has 0 radical (unpaired) electrons. The van der Waals surface area contributed by atoms with Gasteiger partial charge in [-0.25, -0.2) is 0 Å². The number of benzene rings is 2. The zero-order valence-corrected chi connectivity index (χ0v) is 14.8. The molecule has 0 aromatic heterocycles. The standard InChI is InChI=1S/C17H17N3SSe/c1-12-7-8-16-14(11-12)15(9-10-22-16)19-20-17(21)18-13-5-3-2-4-6-13/h2-8,11H,9-10H2,1H3,(H2,18,20,21)/b19-15+. The van der Waals surface area contributed by atoms with E-state index in [0.29, 0.717) is 20.1 Å². The number of rotatable bonds is 2. The van der Waals surface area contributed by atoms with Gasteiger partial charge in [-0.15, -0.1) is 0 Å². The predicted octanol–water partition coefficient (Wildman–Crippen LogP) is 2.84. The zero-order chi connectivity index (χ0) is 15.4. The van der Waals surface area contributed by atoms with Crippen molar-refractivity contribution in [1.29, 1.82) is 0 Å². The fraction of sp³-hybridized carbons (Fsp3) is 0.176. The molecule has 112 valence electrons. The van der Waals surface area contributed by atoms with Crippen LogP contribution < -0.4 is 15.2 Å². The van der Waals surface area contributed by atoms with Crippen LogP contribution >= 0.6 is 12.2 Å². The molecule has 0 amide bonds. The molecule has 3 rings (SSSR count). The number of hydrazone groups is 1. The van der Waals surface area contributed by atoms with Crippen LogP contribution in [0.2, 0.25) is 5.32 Å². The van der Waals surface area contributed by atoms with Gasteiger partial charge < -0.3 is 0 Å². The Kier molecular flexibility index (Phi) is 4.88. The van der Waals surface area contributed by atoms with E-state index in [2.05, 4.69) is 41.0 Å². The van der Waals surface area contributed by atoms with Gasteiger partial charge in [-0.3, -0.25) is 0 Å². The van der Waals surface area contributed by atoms with Gasteiger partial charge in [-0.2, -0.15) is 0 Å². The van der Waals surface area contributed by atoms with Crippen LogP contribution in [-0.2, 0) is 0 Å². The zero-order valence-electron chi connectivity index (χ0n) is 12.3. The summed E-state index contributed by atoms with van der Waals surface area (Å²) in [5.41, 5.74) is 7.59. The van der Waals surface area contributed by atoms with E-state index in [1.54, 1.807) is 0 Å². The summed E-state index contributed by atoms with van der Waals surface area (Å²) in [6.07, 6.45) is 1.01. The van der Waals surface area contributed by atoms with Gasteiger partial charge in [0, 0.05) is 0 Å². The Morgan fingerprint density at radius 1 is 1.18 bits per heavy atom. The third-order valence-electron chi connectivity index (χ3n) is 3.37. The molecule has 1 aliphatic rings. The van der Waals surface area contributed by atoms with Gasteiger partial charge in [-0.05, 0) is 0 Å². The number of hydrogen-bond donors (Lipinski definition) is 2. The van der Waals surface area contributed by atoms with Crippen LogP contribution in [0.5, 0.6) is 0 Å². The summed E-state index contributed by atoms with van der Waals surface area (Å²) in [5, 5.41) is 9.38. The van der Waals surface area contributed by atoms with Crippen molar-refractivity contribution in [3.8, 4) is 0 Å². The number of nitrogens with zero attached hydrogens (tertiary/aromatic N) is 1. The van der Waals surface area contributed by atoms with Crippen molar-refractivity contribution in [2.24, 2.45) is 5.10 Å². The van der Waals surface area contributed by atoms with Gasteiger partial charge in [-0.1, -0.05) is 0 Å². The normalized spacial score (nSPS) is 15.2. The van der Waals surface area contributed by atoms with E-state index in [1.807, 2.05) is 30.3 Å². The van der Waals surface area contributed by atoms with Crippen LogP contribution in [0.1, 0.15) is 17.5 Å². The number of anilines is 1. The molecule has 1 heterocycles. The third-order valence-corrected chi connectivity index (χ3v) is 5.82. The summed E-state index contributed by atoms with van der Waals surface area (Å²) in [4.78, 5) is 0. The van der Waals surface area contributed by atoms with Gasteiger partial charge >= 0.3 is 142 Å². The first-order chi connectivity index (χ1) is 10.7. The van der Waals surface area contributed by atoms with Gasteiger partial charge in [0.2, 0.25) is 0 Å². The minimum absolute atomic E-state index is 0.518. The summed E-state index contributed by atoms with van der Waals surface area (Å²) in [6, 6.07) is 16.5. The summed E-state index contributed by atoms with van der Waals surface area (Å²) >= 11 is 5.86. The fourth-order valence-corrected chi connectivity index (χ4v) is 4.59. The first-order valence-electron chi connectivity index (χ1n) is 7.15. The maximum atomic E-state index is 5.30. The van der Waals surface area contributed by atoms with Gasteiger partial charge in [0.1, 0.15) is 0 Å². The molecule has 1 aliphatic heterocycles. The van der Waals surface area contributed by atoms with Crippen molar-refractivity contribution in [3.05, 3.63) is 59.7 Å². The van der Waals surface area contributed by atoms with Gasteiger partial charge in [0.05, 0.1) is 0 Å². The molecule has 2 N–H and O–H groups in total. The third kappa shape index (κ3) is 3.74. The van der Waals surface area contributed by atoms with Crippen LogP contribution in [0.4, 0.5) is 5.69 Å². The number of fused-ring (bicyclic) bond motifs is 1. The molecule has 2 aromatic rings. The topological polar surface area (TPSA) is 36.4 Å². The van der Waals surface area contributed by atoms with Crippen molar-refractivity contribution in [2.45, 2.75) is 18.7 Å². The Balaban J connectivity index is 1.71. The molecule has 0 saturated carbocycles. The summed E-state index contributed by atoms with van der Waals surface area (Å²) in [6.45, 7) is 2.12. The Morgan fingerprint density at radius 3 is 2.82 bits per heavy atom. The van der Waals surface area contributed by atoms with Crippen LogP contribution in [-0.4, -0.2) is 25.8 Å². The molecule has 3 nitrogen and oxygen atoms in total. The summed E-state index contributed by atoms with van der Waals surface area (Å²) in [7, 11) is 0. The second-order valence-corrected chi connectivity index (χ2v) is 7.88. The summed E-state index contributed by atoms with van der Waals surface area (Å²) in [5.74, 6) is 0. The van der Waals surface area contributed by atoms with E-state index in [-0.39, 0.29) is 0 Å². The number of thiocarbonyl (C=S) groups is 1. The average Bonchev–Trinajstić information content (AvgIpc) is 2.54. The molecule has 0 bridgehead atoms. The number of hydrogen-bond acceptors (Lipinski definition) is 2. The molecular weight excluding hydrogens is 357 g/mol. The van der Waals surface area contributed by atoms with Crippen molar-refractivity contribution >= 4 is 48.1 Å². The van der Waals surface area contributed by atoms with Crippen LogP contribution in [0.3, 0.4) is 0 Å². The Bertz CT molecular complexity index is 713. The van der Waals surface area contributed by atoms with Crippen LogP contribution in [0.15, 0.2) is 53.6 Å². The van der Waals surface area contributed by atoms with Crippen molar-refractivity contribution in [1.82, 2.24) is 5.43 Å². The first-order valence-corrected chi connectivity index (χ1v) is 9.62. The maximum absolute atomic E-state index is 5.30. The Labute approximate surface area is 142 Å². The van der Waals surface area contributed by atoms with Gasteiger partial charge in [0.15, 0.2) is 0 Å². The molecule has 5 heteroatoms. The Morgan fingerprint density at radius 2 is 2.00 bits per heavy atom. The van der Waals surface area contributed by atoms with Crippen molar-refractivity contribution in [2.75, 3.05) is 5.32 Å². The minimum atomic E-state index is 0.518. The monoisotopic (exact) mass is 375 g/mol. The second-order valence-electron chi connectivity index (χ2n) is 5.09. The van der Waals surface area contributed by atoms with Crippen molar-refractivity contribution in [3.63, 3.8) is 0 Å². The molecule has 0 unspecified atom stereocenters. The molecule has 0 atom stereocenters. The quantitative estimate of drug-likeness (QED) is 0.482. The predicted molar refractivity (Wildman–Crippen MR) is 98.3 cm³/mol. The second kappa shape index (κ2) is 7.05. The van der Waals surface area contributed by atoms with E-state index in [0.717, 1.165) is 17.8 Å². The number of aryl methyl sites for hydroxylation is 1. The SMILES string of the molecule is Cc1ccc2c(c1)/C(=N/NC(=S)Nc1ccccc1)CC[Se]2. The van der Waals surface area contributed by atoms with Gasteiger partial charge in [0.25, 0.3) is 0 Å². The van der Waals surface area contributed by atoms with E-state index in [4.69, 9.17) is 12.2 Å². The summed E-state index contributed by atoms with van der Waals surface area (Å²) < 4.78 is 1.44. The number of para-hydroxylation sites is 1. The van der Waals surface area contributed by atoms with Crippen LogP contribution in [0, 0.1) is 6.92 Å². The van der Waals surface area contributed by atoms with E-state index in [9.17, 15) is 0 Å². The Hall–Kier alpha value is -1.68. The molecule has 2 aromatic carbocycles. The molecule has 0 saturated heterocycles. The van der Waals surface area contributed by atoms with Crippen LogP contribution in [0.25, 0.3) is 0 Å². The molecule has 0 aliphatic carbocycles. The van der Waals surface area contributed by atoms with E-state index < -0.39 is 0 Å². The average molecular weight is 374 g/mol. The van der Waals surface area contributed by atoms with Crippen molar-refractivity contribution < 1.29 is 0 Å². The fourth-order valence-electron chi connectivity index (χ4n) is 2.30. The molecule has 0 spiro atoms. The molecule has 0 fully saturated rings. The molecular formula is C17H17N3SSe. The van der Waals surface area contributed by atoms with E-state index >= 15 is 0 Å².